The summed E-state index contributed by atoms with van der Waals surface area (Å²) >= 11 is 0. The third-order valence-corrected chi connectivity index (χ3v) is 3.42. The lowest BCUT2D eigenvalue weighted by molar-refractivity contribution is 0.738. The van der Waals surface area contributed by atoms with Crippen molar-refractivity contribution in [1.82, 2.24) is 20.4 Å². The van der Waals surface area contributed by atoms with E-state index in [1.807, 2.05) is 50.4 Å². The van der Waals surface area contributed by atoms with E-state index in [0.717, 1.165) is 29.9 Å². The fraction of sp³-hybridized carbons (Fsp3) is 0.353. The van der Waals surface area contributed by atoms with Crippen LogP contribution in [0.4, 0.5) is 0 Å². The number of hydrogen-bond acceptors (Lipinski definition) is 1. The molecule has 1 aliphatic rings. The summed E-state index contributed by atoms with van der Waals surface area (Å²) in [5.41, 5.74) is 3.40. The number of rotatable bonds is 4. The molecular formula is C17H24N4. The minimum atomic E-state index is 0.772. The van der Waals surface area contributed by atoms with Crippen LogP contribution in [0.25, 0.3) is 11.1 Å². The average molecular weight is 284 g/mol. The molecule has 0 radical (unpaired) electrons. The fourth-order valence-corrected chi connectivity index (χ4v) is 2.33. The fourth-order valence-electron chi connectivity index (χ4n) is 2.33. The summed E-state index contributed by atoms with van der Waals surface area (Å²) in [5, 5.41) is 13.9. The largest absolute Gasteiger partial charge is 0.305 e. The highest BCUT2D eigenvalue weighted by Gasteiger charge is 2.06. The van der Waals surface area contributed by atoms with Gasteiger partial charge in [0.1, 0.15) is 0 Å². The summed E-state index contributed by atoms with van der Waals surface area (Å²) < 4.78 is 0. The lowest BCUT2D eigenvalue weighted by Gasteiger charge is -2.10. The first-order chi connectivity index (χ1) is 10.3. The third-order valence-electron chi connectivity index (χ3n) is 3.42. The van der Waals surface area contributed by atoms with E-state index < -0.39 is 0 Å². The van der Waals surface area contributed by atoms with Gasteiger partial charge in [-0.3, -0.25) is 10.2 Å². The molecule has 0 unspecified atom stereocenters. The van der Waals surface area contributed by atoms with Gasteiger partial charge in [-0.1, -0.05) is 36.5 Å². The van der Waals surface area contributed by atoms with Crippen molar-refractivity contribution in [2.45, 2.75) is 39.5 Å². The van der Waals surface area contributed by atoms with Crippen LogP contribution >= 0.6 is 0 Å². The van der Waals surface area contributed by atoms with Crippen LogP contribution in [0, 0.1) is 0 Å². The van der Waals surface area contributed by atoms with Gasteiger partial charge in [0.25, 0.3) is 0 Å². The molecule has 4 heteroatoms. The van der Waals surface area contributed by atoms with Crippen molar-refractivity contribution >= 4 is 11.1 Å². The SMILES string of the molecule is CC=C/C=C(\C=C/C)c1n[nH]c(C2=CCCCC2)c[nH][nH]1. The van der Waals surface area contributed by atoms with Crippen molar-refractivity contribution in [3.8, 4) is 0 Å². The van der Waals surface area contributed by atoms with Crippen molar-refractivity contribution in [3.05, 3.63) is 54.2 Å². The zero-order valence-electron chi connectivity index (χ0n) is 12.8. The Morgan fingerprint density at radius 3 is 2.86 bits per heavy atom. The number of allylic oxidation sites excluding steroid dienone is 8. The first-order valence-corrected chi connectivity index (χ1v) is 7.56. The predicted molar refractivity (Wildman–Crippen MR) is 89.0 cm³/mol. The molecule has 4 nitrogen and oxygen atoms in total. The molecule has 1 aromatic rings. The summed E-state index contributed by atoms with van der Waals surface area (Å²) in [7, 11) is 0. The number of nitrogens with one attached hydrogen (secondary N) is 3. The second kappa shape index (κ2) is 8.15. The molecule has 0 aliphatic heterocycles. The van der Waals surface area contributed by atoms with E-state index in [2.05, 4.69) is 26.5 Å². The Labute approximate surface area is 126 Å². The molecule has 2 rings (SSSR count). The molecule has 3 N–H and O–H groups in total. The molecular weight excluding hydrogens is 260 g/mol. The Balaban J connectivity index is 2.34. The second-order valence-corrected chi connectivity index (χ2v) is 5.02. The van der Waals surface area contributed by atoms with Crippen LogP contribution in [0.1, 0.15) is 51.0 Å². The van der Waals surface area contributed by atoms with Crippen LogP contribution in [0.5, 0.6) is 0 Å². The Hall–Kier alpha value is -2.23. The monoisotopic (exact) mass is 284 g/mol. The van der Waals surface area contributed by atoms with Gasteiger partial charge in [0.2, 0.25) is 0 Å². The van der Waals surface area contributed by atoms with Crippen molar-refractivity contribution in [2.75, 3.05) is 0 Å². The topological polar surface area (TPSA) is 60.3 Å². The summed E-state index contributed by atoms with van der Waals surface area (Å²) in [5.74, 6) is 0.772. The number of aromatic amines is 3. The first kappa shape index (κ1) is 15.2. The molecule has 0 spiro atoms. The van der Waals surface area contributed by atoms with Gasteiger partial charge in [0.15, 0.2) is 5.82 Å². The lowest BCUT2D eigenvalue weighted by Crippen LogP contribution is -1.95. The minimum absolute atomic E-state index is 0.772. The van der Waals surface area contributed by atoms with Crippen LogP contribution < -0.4 is 0 Å². The van der Waals surface area contributed by atoms with E-state index >= 15 is 0 Å². The van der Waals surface area contributed by atoms with E-state index in [0.29, 0.717) is 0 Å². The zero-order chi connectivity index (χ0) is 14.9. The summed E-state index contributed by atoms with van der Waals surface area (Å²) in [4.78, 5) is 0. The Kier molecular flexibility index (Phi) is 5.88. The van der Waals surface area contributed by atoms with Gasteiger partial charge in [-0.2, -0.15) is 5.10 Å². The maximum atomic E-state index is 4.48. The molecule has 1 aromatic heterocycles. The first-order valence-electron chi connectivity index (χ1n) is 7.56. The molecule has 0 bridgehead atoms. The van der Waals surface area contributed by atoms with Crippen LogP contribution in [0.15, 0.2) is 42.7 Å². The van der Waals surface area contributed by atoms with Crippen molar-refractivity contribution in [2.24, 2.45) is 0 Å². The molecule has 21 heavy (non-hydrogen) atoms. The zero-order valence-corrected chi connectivity index (χ0v) is 12.8. The average Bonchev–Trinajstić information content (AvgIpc) is 2.78. The molecule has 0 saturated carbocycles. The van der Waals surface area contributed by atoms with E-state index in [4.69, 9.17) is 0 Å². The van der Waals surface area contributed by atoms with Crippen LogP contribution in [0.2, 0.25) is 0 Å². The maximum Gasteiger partial charge on any atom is 0.171 e. The van der Waals surface area contributed by atoms with Gasteiger partial charge in [0.05, 0.1) is 5.69 Å². The summed E-state index contributed by atoms with van der Waals surface area (Å²) in [6.07, 6.45) is 19.1. The second-order valence-electron chi connectivity index (χ2n) is 5.02. The molecule has 1 aliphatic carbocycles. The van der Waals surface area contributed by atoms with E-state index in [1.165, 1.54) is 18.4 Å². The Bertz CT molecular complexity index is 603. The van der Waals surface area contributed by atoms with Gasteiger partial charge in [-0.05, 0) is 45.1 Å². The van der Waals surface area contributed by atoms with Gasteiger partial charge in [-0.15, -0.1) is 0 Å². The molecule has 0 fully saturated rings. The number of nitrogens with zero attached hydrogens (tertiary/aromatic N) is 1. The number of aromatic nitrogens is 4. The normalized spacial score (nSPS) is 16.5. The molecule has 0 amide bonds. The molecule has 0 aromatic carbocycles. The van der Waals surface area contributed by atoms with Crippen molar-refractivity contribution in [1.29, 1.82) is 0 Å². The van der Waals surface area contributed by atoms with Gasteiger partial charge >= 0.3 is 0 Å². The van der Waals surface area contributed by atoms with Crippen LogP contribution in [0.3, 0.4) is 0 Å². The van der Waals surface area contributed by atoms with Crippen LogP contribution in [-0.2, 0) is 0 Å². The minimum Gasteiger partial charge on any atom is -0.305 e. The smallest absolute Gasteiger partial charge is 0.171 e. The van der Waals surface area contributed by atoms with Crippen molar-refractivity contribution < 1.29 is 0 Å². The Morgan fingerprint density at radius 2 is 2.14 bits per heavy atom. The van der Waals surface area contributed by atoms with Gasteiger partial charge < -0.3 is 5.10 Å². The number of hydrogen-bond donors (Lipinski definition) is 3. The van der Waals surface area contributed by atoms with Crippen LogP contribution in [-0.4, -0.2) is 20.4 Å². The highest BCUT2D eigenvalue weighted by molar-refractivity contribution is 5.70. The number of H-pyrrole nitrogens is 3. The standard InChI is InChI=1S/C17H24N4/c1-3-5-10-15(9-4-2)17-20-18-13-16(19-21-17)14-11-7-6-8-12-14/h3-5,9-11,13,18-19H,6-8,12H2,1-2H3,(H,20,21)/b5-3?,9-4-,15-10+. The van der Waals surface area contributed by atoms with E-state index in [-0.39, 0.29) is 0 Å². The predicted octanol–water partition coefficient (Wildman–Crippen LogP) is 4.68. The van der Waals surface area contributed by atoms with Crippen molar-refractivity contribution in [3.63, 3.8) is 0 Å². The molecule has 112 valence electrons. The summed E-state index contributed by atoms with van der Waals surface area (Å²) in [6.45, 7) is 4.00. The summed E-state index contributed by atoms with van der Waals surface area (Å²) in [6, 6.07) is 0. The third kappa shape index (κ3) is 4.38. The maximum absolute atomic E-state index is 4.48. The molecule has 1 heterocycles. The highest BCUT2D eigenvalue weighted by Crippen LogP contribution is 2.24. The molecule has 0 atom stereocenters. The van der Waals surface area contributed by atoms with Gasteiger partial charge in [0, 0.05) is 11.8 Å². The van der Waals surface area contributed by atoms with Gasteiger partial charge in [-0.25, -0.2) is 0 Å². The lowest BCUT2D eigenvalue weighted by atomic mass is 9.98. The quantitative estimate of drug-likeness (QED) is 0.690. The highest BCUT2D eigenvalue weighted by atomic mass is 15.2. The Morgan fingerprint density at radius 1 is 1.24 bits per heavy atom. The molecule has 0 saturated heterocycles. The van der Waals surface area contributed by atoms with E-state index in [9.17, 15) is 0 Å². The van der Waals surface area contributed by atoms with E-state index in [1.54, 1.807) is 0 Å².